The van der Waals surface area contributed by atoms with E-state index in [1.54, 1.807) is 6.08 Å². The molecule has 2 aromatic rings. The predicted octanol–water partition coefficient (Wildman–Crippen LogP) is 5.20. The molecular formula is C20H19ClO3. The van der Waals surface area contributed by atoms with E-state index >= 15 is 0 Å². The molecule has 0 aliphatic carbocycles. The Kier molecular flexibility index (Phi) is 6.21. The molecule has 4 heteroatoms. The summed E-state index contributed by atoms with van der Waals surface area (Å²) in [4.78, 5) is 10.7. The van der Waals surface area contributed by atoms with Gasteiger partial charge in [0.05, 0.1) is 6.10 Å². The van der Waals surface area contributed by atoms with E-state index in [0.29, 0.717) is 5.02 Å². The summed E-state index contributed by atoms with van der Waals surface area (Å²) in [5.41, 5.74) is 2.82. The van der Waals surface area contributed by atoms with Gasteiger partial charge in [0.1, 0.15) is 5.75 Å². The summed E-state index contributed by atoms with van der Waals surface area (Å²) in [5, 5.41) is 9.43. The topological polar surface area (TPSA) is 46.5 Å². The predicted molar refractivity (Wildman–Crippen MR) is 97.5 cm³/mol. The van der Waals surface area contributed by atoms with Crippen molar-refractivity contribution in [3.63, 3.8) is 0 Å². The van der Waals surface area contributed by atoms with E-state index in [0.717, 1.165) is 28.5 Å². The normalized spacial score (nSPS) is 11.9. The summed E-state index contributed by atoms with van der Waals surface area (Å²) in [6, 6.07) is 15.1. The van der Waals surface area contributed by atoms with Crippen LogP contribution in [-0.2, 0) is 4.79 Å². The molecule has 124 valence electrons. The fourth-order valence-electron chi connectivity index (χ4n) is 2.20. The smallest absolute Gasteiger partial charge is 0.328 e. The number of halogens is 1. The van der Waals surface area contributed by atoms with Crippen LogP contribution in [0.5, 0.6) is 5.75 Å². The quantitative estimate of drug-likeness (QED) is 0.579. The number of allylic oxidation sites excluding steroid dienone is 2. The average Bonchev–Trinajstić information content (AvgIpc) is 2.53. The lowest BCUT2D eigenvalue weighted by atomic mass is 9.97. The number of hydrogen-bond donors (Lipinski definition) is 1. The molecule has 0 saturated carbocycles. The molecule has 24 heavy (non-hydrogen) atoms. The maximum Gasteiger partial charge on any atom is 0.328 e. The SMILES string of the molecule is CC(C)Oc1ccc(C(=CC=CC(=O)O)c2ccc(Cl)cc2)cc1. The van der Waals surface area contributed by atoms with Crippen molar-refractivity contribution >= 4 is 23.1 Å². The Bertz CT molecular complexity index is 741. The van der Waals surface area contributed by atoms with Gasteiger partial charge in [-0.25, -0.2) is 4.79 Å². The molecule has 0 amide bonds. The van der Waals surface area contributed by atoms with E-state index in [1.165, 1.54) is 6.08 Å². The Morgan fingerprint density at radius 1 is 1.04 bits per heavy atom. The monoisotopic (exact) mass is 342 g/mol. The average molecular weight is 343 g/mol. The van der Waals surface area contributed by atoms with Gasteiger partial charge >= 0.3 is 5.97 Å². The third kappa shape index (κ3) is 5.28. The molecule has 0 aliphatic heterocycles. The van der Waals surface area contributed by atoms with Crippen LogP contribution in [0.3, 0.4) is 0 Å². The second-order valence-electron chi connectivity index (χ2n) is 5.48. The number of hydrogen-bond acceptors (Lipinski definition) is 2. The molecule has 1 N–H and O–H groups in total. The number of carboxylic acids is 1. The molecule has 0 aromatic heterocycles. The third-order valence-electron chi connectivity index (χ3n) is 3.19. The second-order valence-corrected chi connectivity index (χ2v) is 5.91. The van der Waals surface area contributed by atoms with Crippen LogP contribution >= 0.6 is 11.6 Å². The lowest BCUT2D eigenvalue weighted by Gasteiger charge is -2.12. The van der Waals surface area contributed by atoms with Crippen LogP contribution < -0.4 is 4.74 Å². The number of ether oxygens (including phenoxy) is 1. The minimum absolute atomic E-state index is 0.112. The van der Waals surface area contributed by atoms with Gasteiger partial charge < -0.3 is 9.84 Å². The zero-order valence-electron chi connectivity index (χ0n) is 13.6. The molecule has 0 spiro atoms. The minimum Gasteiger partial charge on any atom is -0.491 e. The van der Waals surface area contributed by atoms with Gasteiger partial charge in [0.15, 0.2) is 0 Å². The van der Waals surface area contributed by atoms with Gasteiger partial charge in [-0.1, -0.05) is 48.0 Å². The van der Waals surface area contributed by atoms with Crippen LogP contribution in [0.15, 0.2) is 66.8 Å². The summed E-state index contributed by atoms with van der Waals surface area (Å²) in [6.45, 7) is 3.95. The number of rotatable bonds is 6. The van der Waals surface area contributed by atoms with Gasteiger partial charge in [0, 0.05) is 11.1 Å². The number of carbonyl (C=O) groups is 1. The Balaban J connectivity index is 2.38. The van der Waals surface area contributed by atoms with Crippen molar-refractivity contribution in [2.45, 2.75) is 20.0 Å². The molecule has 0 heterocycles. The van der Waals surface area contributed by atoms with Gasteiger partial charge in [0.2, 0.25) is 0 Å². The van der Waals surface area contributed by atoms with Crippen molar-refractivity contribution in [2.75, 3.05) is 0 Å². The first kappa shape index (κ1) is 17.8. The van der Waals surface area contributed by atoms with Crippen LogP contribution in [0.2, 0.25) is 5.02 Å². The Morgan fingerprint density at radius 3 is 2.08 bits per heavy atom. The molecule has 2 aromatic carbocycles. The van der Waals surface area contributed by atoms with E-state index in [9.17, 15) is 4.79 Å². The van der Waals surface area contributed by atoms with Crippen molar-refractivity contribution in [1.82, 2.24) is 0 Å². The highest BCUT2D eigenvalue weighted by Gasteiger charge is 2.06. The van der Waals surface area contributed by atoms with Crippen molar-refractivity contribution in [3.8, 4) is 5.75 Å². The van der Waals surface area contributed by atoms with E-state index < -0.39 is 5.97 Å². The first-order valence-corrected chi connectivity index (χ1v) is 7.98. The van der Waals surface area contributed by atoms with Crippen molar-refractivity contribution in [1.29, 1.82) is 0 Å². The van der Waals surface area contributed by atoms with Crippen molar-refractivity contribution < 1.29 is 14.6 Å². The zero-order valence-corrected chi connectivity index (χ0v) is 14.3. The lowest BCUT2D eigenvalue weighted by molar-refractivity contribution is -0.131. The maximum absolute atomic E-state index is 10.7. The van der Waals surface area contributed by atoms with Crippen LogP contribution in [0.4, 0.5) is 0 Å². The molecule has 0 atom stereocenters. The van der Waals surface area contributed by atoms with Gasteiger partial charge in [-0.05, 0) is 54.8 Å². The van der Waals surface area contributed by atoms with Crippen molar-refractivity contribution in [3.05, 3.63) is 82.9 Å². The molecule has 0 radical (unpaired) electrons. The van der Waals surface area contributed by atoms with E-state index in [1.807, 2.05) is 62.4 Å². The summed E-state index contributed by atoms with van der Waals surface area (Å²) in [7, 11) is 0. The standard InChI is InChI=1S/C20H19ClO3/c1-14(2)24-18-12-8-16(9-13-18)19(4-3-5-20(22)23)15-6-10-17(21)11-7-15/h3-14H,1-2H3,(H,22,23). The van der Waals surface area contributed by atoms with Gasteiger partial charge in [0.25, 0.3) is 0 Å². The summed E-state index contributed by atoms with van der Waals surface area (Å²) in [5.74, 6) is -0.187. The highest BCUT2D eigenvalue weighted by atomic mass is 35.5. The largest absolute Gasteiger partial charge is 0.491 e. The minimum atomic E-state index is -0.984. The molecule has 0 unspecified atom stereocenters. The summed E-state index contributed by atoms with van der Waals surface area (Å²) in [6.07, 6.45) is 4.51. The number of benzene rings is 2. The second kappa shape index (κ2) is 8.37. The fraction of sp³-hybridized carbons (Fsp3) is 0.150. The van der Waals surface area contributed by atoms with Crippen LogP contribution in [-0.4, -0.2) is 17.2 Å². The fourth-order valence-corrected chi connectivity index (χ4v) is 2.33. The number of aliphatic carboxylic acids is 1. The summed E-state index contributed by atoms with van der Waals surface area (Å²) >= 11 is 5.95. The van der Waals surface area contributed by atoms with E-state index in [2.05, 4.69) is 0 Å². The molecule has 3 nitrogen and oxygen atoms in total. The molecule has 0 fully saturated rings. The first-order valence-electron chi connectivity index (χ1n) is 7.60. The molecule has 2 rings (SSSR count). The highest BCUT2D eigenvalue weighted by Crippen LogP contribution is 2.27. The Morgan fingerprint density at radius 2 is 1.58 bits per heavy atom. The zero-order chi connectivity index (χ0) is 17.5. The first-order chi connectivity index (χ1) is 11.5. The van der Waals surface area contributed by atoms with E-state index in [4.69, 9.17) is 21.4 Å². The lowest BCUT2D eigenvalue weighted by Crippen LogP contribution is -2.05. The third-order valence-corrected chi connectivity index (χ3v) is 3.45. The van der Waals surface area contributed by atoms with Gasteiger partial charge in [-0.3, -0.25) is 0 Å². The molecule has 0 saturated heterocycles. The van der Waals surface area contributed by atoms with Crippen molar-refractivity contribution in [2.24, 2.45) is 0 Å². The summed E-state index contributed by atoms with van der Waals surface area (Å²) < 4.78 is 5.65. The number of carboxylic acid groups (broad SMARTS) is 1. The van der Waals surface area contributed by atoms with Crippen LogP contribution in [0.1, 0.15) is 25.0 Å². The van der Waals surface area contributed by atoms with Gasteiger partial charge in [-0.2, -0.15) is 0 Å². The molecule has 0 aliphatic rings. The highest BCUT2D eigenvalue weighted by molar-refractivity contribution is 6.30. The Hall–Kier alpha value is -2.52. The Labute approximate surface area is 146 Å². The van der Waals surface area contributed by atoms with Crippen LogP contribution in [0, 0.1) is 0 Å². The maximum atomic E-state index is 10.7. The van der Waals surface area contributed by atoms with Gasteiger partial charge in [-0.15, -0.1) is 0 Å². The van der Waals surface area contributed by atoms with E-state index in [-0.39, 0.29) is 6.10 Å². The molecule has 0 bridgehead atoms. The van der Waals surface area contributed by atoms with Crippen LogP contribution in [0.25, 0.3) is 5.57 Å². The molecular weight excluding hydrogens is 324 g/mol.